The van der Waals surface area contributed by atoms with E-state index in [9.17, 15) is 9.59 Å². The number of aromatic nitrogens is 1. The van der Waals surface area contributed by atoms with Crippen LogP contribution in [0.4, 0.5) is 0 Å². The molecular formula is C20H23N3O3. The van der Waals surface area contributed by atoms with Gasteiger partial charge >= 0.3 is 0 Å². The molecule has 1 aromatic rings. The van der Waals surface area contributed by atoms with E-state index in [0.29, 0.717) is 19.1 Å². The lowest BCUT2D eigenvalue weighted by molar-refractivity contribution is -0.138. The Kier molecular flexibility index (Phi) is 3.64. The predicted octanol–water partition coefficient (Wildman–Crippen LogP) is 1.42. The number of ether oxygens (including phenoxy) is 1. The van der Waals surface area contributed by atoms with Crippen LogP contribution in [0.3, 0.4) is 0 Å². The van der Waals surface area contributed by atoms with E-state index in [2.05, 4.69) is 10.3 Å². The molecule has 6 nitrogen and oxygen atoms in total. The molecule has 2 saturated heterocycles. The van der Waals surface area contributed by atoms with Crippen molar-refractivity contribution < 1.29 is 14.3 Å². The van der Waals surface area contributed by atoms with Crippen molar-refractivity contribution in [1.29, 1.82) is 0 Å². The summed E-state index contributed by atoms with van der Waals surface area (Å²) in [5, 5.41) is 2.98. The number of hydrogen-bond donors (Lipinski definition) is 1. The number of amides is 2. The smallest absolute Gasteiger partial charge is 0.230 e. The van der Waals surface area contributed by atoms with Gasteiger partial charge in [-0.05, 0) is 24.5 Å². The summed E-state index contributed by atoms with van der Waals surface area (Å²) in [6.07, 6.45) is 11.7. The third-order valence-corrected chi connectivity index (χ3v) is 6.39. The minimum atomic E-state index is -0.597. The van der Waals surface area contributed by atoms with Crippen LogP contribution in [0.15, 0.2) is 36.7 Å². The van der Waals surface area contributed by atoms with Gasteiger partial charge in [-0.15, -0.1) is 0 Å². The highest BCUT2D eigenvalue weighted by atomic mass is 16.5. The fourth-order valence-electron chi connectivity index (χ4n) is 5.16. The van der Waals surface area contributed by atoms with Gasteiger partial charge in [-0.25, -0.2) is 0 Å². The average molecular weight is 353 g/mol. The van der Waals surface area contributed by atoms with Crippen molar-refractivity contribution in [3.8, 4) is 0 Å². The van der Waals surface area contributed by atoms with Crippen molar-refractivity contribution in [1.82, 2.24) is 15.2 Å². The topological polar surface area (TPSA) is 71.5 Å². The van der Waals surface area contributed by atoms with Gasteiger partial charge in [0.2, 0.25) is 11.8 Å². The van der Waals surface area contributed by atoms with Crippen LogP contribution < -0.4 is 5.32 Å². The van der Waals surface area contributed by atoms with Gasteiger partial charge in [0.15, 0.2) is 0 Å². The summed E-state index contributed by atoms with van der Waals surface area (Å²) in [4.78, 5) is 32.1. The highest BCUT2D eigenvalue weighted by molar-refractivity contribution is 5.93. The second-order valence-electron chi connectivity index (χ2n) is 7.88. The van der Waals surface area contributed by atoms with Crippen LogP contribution in [-0.2, 0) is 20.9 Å². The van der Waals surface area contributed by atoms with Crippen molar-refractivity contribution in [2.24, 2.45) is 11.8 Å². The molecule has 4 aliphatic rings. The Labute approximate surface area is 152 Å². The molecule has 0 aromatic carbocycles. The molecule has 4 heterocycles. The highest BCUT2D eigenvalue weighted by Gasteiger charge is 2.67. The number of hydrogen-bond acceptors (Lipinski definition) is 4. The van der Waals surface area contributed by atoms with Crippen LogP contribution in [0.25, 0.3) is 0 Å². The average Bonchev–Trinajstić information content (AvgIpc) is 3.42. The van der Waals surface area contributed by atoms with Gasteiger partial charge in [0, 0.05) is 25.0 Å². The summed E-state index contributed by atoms with van der Waals surface area (Å²) < 4.78 is 6.18. The van der Waals surface area contributed by atoms with E-state index < -0.39 is 11.5 Å². The molecule has 1 saturated carbocycles. The van der Waals surface area contributed by atoms with Gasteiger partial charge in [0.05, 0.1) is 24.5 Å². The highest BCUT2D eigenvalue weighted by Crippen LogP contribution is 2.52. The quantitative estimate of drug-likeness (QED) is 0.831. The molecule has 2 bridgehead atoms. The molecule has 4 atom stereocenters. The first-order valence-electron chi connectivity index (χ1n) is 9.52. The Morgan fingerprint density at radius 1 is 1.38 bits per heavy atom. The Balaban J connectivity index is 1.34. The first kappa shape index (κ1) is 16.0. The van der Waals surface area contributed by atoms with Crippen LogP contribution in [0.5, 0.6) is 0 Å². The monoisotopic (exact) mass is 353 g/mol. The summed E-state index contributed by atoms with van der Waals surface area (Å²) >= 11 is 0. The van der Waals surface area contributed by atoms with Crippen LogP contribution in [-0.4, -0.2) is 46.0 Å². The van der Waals surface area contributed by atoms with Gasteiger partial charge in [0.25, 0.3) is 0 Å². The summed E-state index contributed by atoms with van der Waals surface area (Å²) in [5.74, 6) is -0.815. The van der Waals surface area contributed by atoms with E-state index in [4.69, 9.17) is 4.74 Å². The fourth-order valence-corrected chi connectivity index (χ4v) is 5.16. The first-order chi connectivity index (χ1) is 12.7. The second-order valence-corrected chi connectivity index (χ2v) is 7.88. The Morgan fingerprint density at radius 3 is 3.00 bits per heavy atom. The molecule has 136 valence electrons. The number of carbonyl (C=O) groups excluding carboxylic acids is 2. The van der Waals surface area contributed by atoms with Gasteiger partial charge in [-0.2, -0.15) is 0 Å². The van der Waals surface area contributed by atoms with E-state index in [0.717, 1.165) is 18.4 Å². The SMILES string of the molecule is O=C(NCc1cccnc1)[C@@H]1[C@H]2C(=O)N(C3CCCC3)C[C@]23C=C[C@H]1O3. The number of fused-ring (bicyclic) bond motifs is 1. The van der Waals surface area contributed by atoms with Crippen LogP contribution >= 0.6 is 0 Å². The van der Waals surface area contributed by atoms with E-state index in [-0.39, 0.29) is 23.8 Å². The minimum absolute atomic E-state index is 0.100. The second kappa shape index (κ2) is 5.91. The zero-order chi connectivity index (χ0) is 17.7. The molecule has 26 heavy (non-hydrogen) atoms. The summed E-state index contributed by atoms with van der Waals surface area (Å²) in [5.41, 5.74) is 0.348. The van der Waals surface area contributed by atoms with Crippen LogP contribution in [0, 0.1) is 11.8 Å². The minimum Gasteiger partial charge on any atom is -0.360 e. The lowest BCUT2D eigenvalue weighted by atomic mass is 9.77. The fraction of sp³-hybridized carbons (Fsp3) is 0.550. The molecule has 6 heteroatoms. The van der Waals surface area contributed by atoms with Gasteiger partial charge in [-0.1, -0.05) is 31.1 Å². The maximum atomic E-state index is 13.2. The number of pyridine rings is 1. The van der Waals surface area contributed by atoms with Crippen LogP contribution in [0.2, 0.25) is 0 Å². The number of nitrogens with zero attached hydrogens (tertiary/aromatic N) is 2. The van der Waals surface area contributed by atoms with Gasteiger partial charge in [-0.3, -0.25) is 14.6 Å². The third-order valence-electron chi connectivity index (χ3n) is 6.39. The van der Waals surface area contributed by atoms with E-state index in [1.54, 1.807) is 12.4 Å². The zero-order valence-electron chi connectivity index (χ0n) is 14.6. The number of rotatable bonds is 4. The molecule has 3 fully saturated rings. The first-order valence-corrected chi connectivity index (χ1v) is 9.52. The number of nitrogens with one attached hydrogen (secondary N) is 1. The molecule has 1 spiro atoms. The molecular weight excluding hydrogens is 330 g/mol. The Hall–Kier alpha value is -2.21. The lowest BCUT2D eigenvalue weighted by Crippen LogP contribution is -2.44. The molecule has 3 aliphatic heterocycles. The molecule has 0 radical (unpaired) electrons. The molecule has 0 unspecified atom stereocenters. The van der Waals surface area contributed by atoms with Crippen LogP contribution in [0.1, 0.15) is 31.2 Å². The van der Waals surface area contributed by atoms with E-state index in [1.807, 2.05) is 29.2 Å². The van der Waals surface area contributed by atoms with Gasteiger partial charge in [0.1, 0.15) is 5.60 Å². The van der Waals surface area contributed by atoms with E-state index >= 15 is 0 Å². The lowest BCUT2D eigenvalue weighted by Gasteiger charge is -2.27. The van der Waals surface area contributed by atoms with Crippen molar-refractivity contribution in [3.63, 3.8) is 0 Å². The third kappa shape index (κ3) is 2.31. The van der Waals surface area contributed by atoms with Gasteiger partial charge < -0.3 is 15.0 Å². The molecule has 1 aliphatic carbocycles. The number of likely N-dealkylation sites (tertiary alicyclic amines) is 1. The Morgan fingerprint density at radius 2 is 2.23 bits per heavy atom. The standard InChI is InChI=1S/C20H23N3O3/c24-18(22-11-13-4-3-9-21-10-13)16-15-7-8-20(26-15)12-23(19(25)17(16)20)14-5-1-2-6-14/h3-4,7-10,14-17H,1-2,5-6,11-12H2,(H,22,24)/t15-,16+,17+,20-/m1/s1. The molecule has 2 amide bonds. The van der Waals surface area contributed by atoms with E-state index in [1.165, 1.54) is 12.8 Å². The molecule has 5 rings (SSSR count). The molecule has 1 aromatic heterocycles. The molecule has 1 N–H and O–H groups in total. The maximum absolute atomic E-state index is 13.2. The summed E-state index contributed by atoms with van der Waals surface area (Å²) in [6, 6.07) is 4.09. The Bertz CT molecular complexity index is 759. The van der Waals surface area contributed by atoms with Crippen molar-refractivity contribution in [2.75, 3.05) is 6.54 Å². The number of carbonyl (C=O) groups is 2. The largest absolute Gasteiger partial charge is 0.360 e. The summed E-state index contributed by atoms with van der Waals surface area (Å²) in [6.45, 7) is 1.01. The zero-order valence-corrected chi connectivity index (χ0v) is 14.6. The summed E-state index contributed by atoms with van der Waals surface area (Å²) in [7, 11) is 0. The van der Waals surface area contributed by atoms with Crippen molar-refractivity contribution in [3.05, 3.63) is 42.2 Å². The normalized spacial score (nSPS) is 35.3. The predicted molar refractivity (Wildman–Crippen MR) is 93.8 cm³/mol. The maximum Gasteiger partial charge on any atom is 0.230 e. The van der Waals surface area contributed by atoms with Crippen molar-refractivity contribution in [2.45, 2.75) is 50.0 Å². The van der Waals surface area contributed by atoms with Crippen molar-refractivity contribution >= 4 is 11.8 Å².